The molecule has 0 radical (unpaired) electrons. The van der Waals surface area contributed by atoms with Gasteiger partial charge in [0.2, 0.25) is 0 Å². The van der Waals surface area contributed by atoms with E-state index in [1.807, 2.05) is 21.1 Å². The third-order valence-electron chi connectivity index (χ3n) is 12.4. The highest BCUT2D eigenvalue weighted by Gasteiger charge is 2.59. The number of aliphatic hydroxyl groups excluding tert-OH is 1. The normalized spacial score (nSPS) is 35.3. The minimum Gasteiger partial charge on any atom is -0.431 e. The summed E-state index contributed by atoms with van der Waals surface area (Å²) in [7, 11) is 1.50. The predicted molar refractivity (Wildman–Crippen MR) is 180 cm³/mol. The summed E-state index contributed by atoms with van der Waals surface area (Å²) >= 11 is 0. The zero-order chi connectivity index (χ0) is 33.9. The maximum absolute atomic E-state index is 12.5. The first-order chi connectivity index (χ1) is 21.4. The van der Waals surface area contributed by atoms with Gasteiger partial charge in [0.1, 0.15) is 32.0 Å². The Morgan fingerprint density at radius 2 is 1.76 bits per heavy atom. The Morgan fingerprint density at radius 3 is 2.46 bits per heavy atom. The lowest BCUT2D eigenvalue weighted by Crippen LogP contribution is -2.51. The standard InChI is InChI=1S/C36H64NO8P/c1-25(2)10-9-11-26(3)31-14-15-32-30-13-12-27-22-29(16-18-35(27,4)33(30)17-19-36(31,32)5)45-34(39)42-23-28(38)24-44-46(40,41)43-21-20-37(6,7)8/h12,25-26,28-33,38H,9-11,13-24H2,1-8H3/p+1/t26-,28?,29+,30+,31-,32+,33+,35+,36-/m1/s1. The number of nitrogens with zero attached hydrogens (tertiary/aromatic N) is 1. The number of phosphoric ester groups is 1. The van der Waals surface area contributed by atoms with Gasteiger partial charge in [0.25, 0.3) is 0 Å². The van der Waals surface area contributed by atoms with Crippen LogP contribution in [0.25, 0.3) is 0 Å². The van der Waals surface area contributed by atoms with Crippen LogP contribution in [0, 0.1) is 46.3 Å². The summed E-state index contributed by atoms with van der Waals surface area (Å²) in [6.07, 6.45) is 13.3. The zero-order valence-corrected chi connectivity index (χ0v) is 30.9. The van der Waals surface area contributed by atoms with Gasteiger partial charge < -0.3 is 24.0 Å². The van der Waals surface area contributed by atoms with Gasteiger partial charge in [0, 0.05) is 6.42 Å². The van der Waals surface area contributed by atoms with Crippen molar-refractivity contribution in [2.24, 2.45) is 46.3 Å². The number of phosphoric acid groups is 1. The quantitative estimate of drug-likeness (QED) is 0.0788. The molecule has 0 aromatic carbocycles. The molecule has 0 bridgehead atoms. The number of carbonyl (C=O) groups is 1. The van der Waals surface area contributed by atoms with Gasteiger partial charge in [-0.25, -0.2) is 9.36 Å². The van der Waals surface area contributed by atoms with E-state index in [2.05, 4.69) is 40.7 Å². The largest absolute Gasteiger partial charge is 0.508 e. The molecular weight excluding hydrogens is 605 g/mol. The lowest BCUT2D eigenvalue weighted by molar-refractivity contribution is -0.870. The van der Waals surface area contributed by atoms with Gasteiger partial charge >= 0.3 is 14.0 Å². The number of carbonyl (C=O) groups excluding carboxylic acids is 1. The molecule has 4 aliphatic carbocycles. The second-order valence-electron chi connectivity index (χ2n) is 17.1. The van der Waals surface area contributed by atoms with Gasteiger partial charge in [-0.1, -0.05) is 65.5 Å². The van der Waals surface area contributed by atoms with Crippen LogP contribution in [0.4, 0.5) is 4.79 Å². The third-order valence-corrected chi connectivity index (χ3v) is 13.3. The van der Waals surface area contributed by atoms with Gasteiger partial charge in [-0.3, -0.25) is 9.05 Å². The second kappa shape index (κ2) is 15.3. The number of hydrogen-bond acceptors (Lipinski definition) is 7. The van der Waals surface area contributed by atoms with Crippen molar-refractivity contribution in [3.05, 3.63) is 11.6 Å². The van der Waals surface area contributed by atoms with Gasteiger partial charge in [-0.2, -0.15) is 0 Å². The van der Waals surface area contributed by atoms with E-state index in [1.54, 1.807) is 0 Å². The number of fused-ring (bicyclic) bond motifs is 5. The number of hydrogen-bond donors (Lipinski definition) is 2. The lowest BCUT2D eigenvalue weighted by Gasteiger charge is -2.58. The molecule has 0 aromatic heterocycles. The molecular formula is C36H65NO8P+. The van der Waals surface area contributed by atoms with Gasteiger partial charge in [-0.05, 0) is 91.3 Å². The summed E-state index contributed by atoms with van der Waals surface area (Å²) in [4.78, 5) is 22.3. The molecule has 0 saturated heterocycles. The van der Waals surface area contributed by atoms with Crippen molar-refractivity contribution >= 4 is 14.0 Å². The Morgan fingerprint density at radius 1 is 1.02 bits per heavy atom. The topological polar surface area (TPSA) is 112 Å². The first-order valence-electron chi connectivity index (χ1n) is 18.1. The SMILES string of the molecule is CC(C)CCC[C@@H](C)[C@H]1CC[C@H]2[C@@H]3CC=C4C[C@@H](OC(=O)OCC(O)COP(=O)(O)OCC[N+](C)(C)C)CC[C@]4(C)[C@H]3CC[C@]12C. The molecule has 10 heteroatoms. The Hall–Kier alpha value is -0.960. The van der Waals surface area contributed by atoms with Gasteiger partial charge in [-0.15, -0.1) is 0 Å². The van der Waals surface area contributed by atoms with Crippen LogP contribution < -0.4 is 0 Å². The van der Waals surface area contributed by atoms with Crippen molar-refractivity contribution in [3.63, 3.8) is 0 Å². The van der Waals surface area contributed by atoms with Crippen LogP contribution in [0.1, 0.15) is 105 Å². The van der Waals surface area contributed by atoms with E-state index in [9.17, 15) is 19.4 Å². The average Bonchev–Trinajstić information content (AvgIpc) is 3.31. The number of ether oxygens (including phenoxy) is 2. The Labute approximate surface area is 279 Å². The summed E-state index contributed by atoms with van der Waals surface area (Å²) in [5, 5.41) is 10.1. The molecule has 0 aliphatic heterocycles. The van der Waals surface area contributed by atoms with E-state index in [0.717, 1.165) is 55.3 Å². The van der Waals surface area contributed by atoms with E-state index >= 15 is 0 Å². The molecule has 46 heavy (non-hydrogen) atoms. The van der Waals surface area contributed by atoms with Crippen LogP contribution in [0.5, 0.6) is 0 Å². The minimum absolute atomic E-state index is 0.0346. The van der Waals surface area contributed by atoms with Gasteiger partial charge in [0.05, 0.1) is 27.7 Å². The fourth-order valence-electron chi connectivity index (χ4n) is 9.78. The average molecular weight is 671 g/mol. The number of likely N-dealkylation sites (N-methyl/N-ethyl adjacent to an activating group) is 1. The lowest BCUT2D eigenvalue weighted by atomic mass is 9.47. The molecule has 0 aromatic rings. The summed E-state index contributed by atoms with van der Waals surface area (Å²) in [6, 6.07) is 0. The molecule has 4 rings (SSSR count). The molecule has 266 valence electrons. The molecule has 9 nitrogen and oxygen atoms in total. The van der Waals surface area contributed by atoms with Crippen LogP contribution >= 0.6 is 7.82 Å². The zero-order valence-electron chi connectivity index (χ0n) is 30.0. The predicted octanol–water partition coefficient (Wildman–Crippen LogP) is 7.75. The maximum atomic E-state index is 12.5. The highest BCUT2D eigenvalue weighted by molar-refractivity contribution is 7.47. The Bertz CT molecular complexity index is 1110. The van der Waals surface area contributed by atoms with E-state index in [1.165, 1.54) is 50.5 Å². The summed E-state index contributed by atoms with van der Waals surface area (Å²) in [5.41, 5.74) is 2.07. The highest BCUT2D eigenvalue weighted by atomic mass is 31.2. The molecule has 2 unspecified atom stereocenters. The van der Waals surface area contributed by atoms with Crippen LogP contribution in [-0.4, -0.2) is 80.4 Å². The minimum atomic E-state index is -4.31. The van der Waals surface area contributed by atoms with Crippen LogP contribution in [-0.2, 0) is 23.1 Å². The monoisotopic (exact) mass is 670 g/mol. The Kier molecular flexibility index (Phi) is 12.6. The van der Waals surface area contributed by atoms with Crippen LogP contribution in [0.2, 0.25) is 0 Å². The van der Waals surface area contributed by atoms with Crippen LogP contribution in [0.3, 0.4) is 0 Å². The molecule has 4 aliphatic rings. The van der Waals surface area contributed by atoms with Crippen molar-refractivity contribution in [1.82, 2.24) is 0 Å². The van der Waals surface area contributed by atoms with E-state index in [-0.39, 0.29) is 18.1 Å². The number of rotatable bonds is 15. The maximum Gasteiger partial charge on any atom is 0.508 e. The summed E-state index contributed by atoms with van der Waals surface area (Å²) in [5.74, 6) is 4.72. The molecule has 0 spiro atoms. The van der Waals surface area contributed by atoms with Crippen molar-refractivity contribution in [3.8, 4) is 0 Å². The number of aliphatic hydroxyl groups is 1. The van der Waals surface area contributed by atoms with E-state index < -0.39 is 33.3 Å². The first-order valence-corrected chi connectivity index (χ1v) is 19.6. The molecule has 3 fully saturated rings. The van der Waals surface area contributed by atoms with Crippen molar-refractivity contribution in [1.29, 1.82) is 0 Å². The fraction of sp³-hybridized carbons (Fsp3) is 0.917. The summed E-state index contributed by atoms with van der Waals surface area (Å²) < 4.78 is 33.3. The summed E-state index contributed by atoms with van der Waals surface area (Å²) in [6.45, 7) is 12.0. The molecule has 0 heterocycles. The van der Waals surface area contributed by atoms with Crippen molar-refractivity contribution < 1.29 is 42.4 Å². The second-order valence-corrected chi connectivity index (χ2v) is 18.6. The first kappa shape index (κ1) is 37.9. The molecule has 10 atom stereocenters. The highest BCUT2D eigenvalue weighted by Crippen LogP contribution is 2.67. The molecule has 2 N–H and O–H groups in total. The number of allylic oxidation sites excluding steroid dienone is 1. The van der Waals surface area contributed by atoms with Crippen LogP contribution in [0.15, 0.2) is 11.6 Å². The smallest absolute Gasteiger partial charge is 0.431 e. The van der Waals surface area contributed by atoms with Crippen molar-refractivity contribution in [2.45, 2.75) is 117 Å². The Balaban J connectivity index is 1.24. The molecule has 3 saturated carbocycles. The third kappa shape index (κ3) is 9.38. The molecule has 0 amide bonds. The number of quaternary nitrogens is 1. The van der Waals surface area contributed by atoms with Gasteiger partial charge in [0.15, 0.2) is 0 Å². The van der Waals surface area contributed by atoms with Crippen molar-refractivity contribution in [2.75, 3.05) is 47.5 Å². The van der Waals surface area contributed by atoms with E-state index in [0.29, 0.717) is 22.4 Å². The van der Waals surface area contributed by atoms with E-state index in [4.69, 9.17) is 18.5 Å². The fourth-order valence-corrected chi connectivity index (χ4v) is 10.5.